The number of nitrogens with one attached hydrogen (secondary N) is 2. The van der Waals surface area contributed by atoms with Crippen LogP contribution in [-0.4, -0.2) is 45.9 Å². The summed E-state index contributed by atoms with van der Waals surface area (Å²) in [6.45, 7) is 5.23. The molecule has 30 heavy (non-hydrogen) atoms. The number of hydrogen-bond acceptors (Lipinski definition) is 4. The van der Waals surface area contributed by atoms with Gasteiger partial charge in [0, 0.05) is 30.4 Å². The zero-order chi connectivity index (χ0) is 21.3. The summed E-state index contributed by atoms with van der Waals surface area (Å²) in [5.74, 6) is 0.268. The van der Waals surface area contributed by atoms with Crippen LogP contribution in [0.15, 0.2) is 53.3 Å². The normalized spacial score (nSPS) is 13.7. The Labute approximate surface area is 173 Å². The zero-order valence-electron chi connectivity index (χ0n) is 16.9. The number of H-pyrrole nitrogens is 1. The second kappa shape index (κ2) is 7.98. The van der Waals surface area contributed by atoms with Gasteiger partial charge in [0.15, 0.2) is 0 Å². The van der Waals surface area contributed by atoms with Crippen LogP contribution < -0.4 is 15.8 Å². The van der Waals surface area contributed by atoms with Crippen LogP contribution in [0.25, 0.3) is 10.9 Å². The lowest BCUT2D eigenvalue weighted by Gasteiger charge is -2.26. The average molecular weight is 405 g/mol. The predicted octanol–water partition coefficient (Wildman–Crippen LogP) is 2.50. The maximum Gasteiger partial charge on any atom is 0.321 e. The Balaban J connectivity index is 1.58. The van der Waals surface area contributed by atoms with E-state index >= 15 is 0 Å². The molecule has 2 heterocycles. The fourth-order valence-electron chi connectivity index (χ4n) is 3.53. The number of rotatable bonds is 5. The minimum Gasteiger partial charge on any atom is -0.336 e. The fraction of sp³-hybridized carbons (Fsp3) is 0.273. The fourth-order valence-corrected chi connectivity index (χ4v) is 3.53. The van der Waals surface area contributed by atoms with Crippen LogP contribution in [0.1, 0.15) is 30.0 Å². The molecule has 0 aliphatic carbocycles. The summed E-state index contributed by atoms with van der Waals surface area (Å²) in [4.78, 5) is 47.9. The van der Waals surface area contributed by atoms with Crippen molar-refractivity contribution in [2.24, 2.45) is 0 Å². The molecular formula is C22H23N5O3. The molecule has 1 fully saturated rings. The van der Waals surface area contributed by atoms with Crippen LogP contribution in [0.3, 0.4) is 0 Å². The zero-order valence-corrected chi connectivity index (χ0v) is 16.9. The van der Waals surface area contributed by atoms with Gasteiger partial charge in [-0.3, -0.25) is 14.5 Å². The highest BCUT2D eigenvalue weighted by atomic mass is 16.2. The summed E-state index contributed by atoms with van der Waals surface area (Å²) < 4.78 is 0. The van der Waals surface area contributed by atoms with E-state index in [1.54, 1.807) is 52.3 Å². The Morgan fingerprint density at radius 1 is 1.13 bits per heavy atom. The molecule has 0 unspecified atom stereocenters. The van der Waals surface area contributed by atoms with Gasteiger partial charge in [-0.2, -0.15) is 0 Å². The van der Waals surface area contributed by atoms with E-state index in [0.717, 1.165) is 5.69 Å². The Morgan fingerprint density at radius 3 is 2.53 bits per heavy atom. The first kappa shape index (κ1) is 19.6. The third kappa shape index (κ3) is 3.76. The van der Waals surface area contributed by atoms with Gasteiger partial charge in [-0.25, -0.2) is 9.78 Å². The maximum absolute atomic E-state index is 13.1. The lowest BCUT2D eigenvalue weighted by atomic mass is 10.1. The smallest absolute Gasteiger partial charge is 0.321 e. The van der Waals surface area contributed by atoms with Gasteiger partial charge in [-0.1, -0.05) is 12.1 Å². The van der Waals surface area contributed by atoms with E-state index in [1.165, 1.54) is 0 Å². The standard InChI is InChI=1S/C22H23N5O3/c1-14(2)27(13-19-24-18-6-4-3-5-17(18)20(28)25-19)21(29)15-7-9-16(10-8-15)26-12-11-23-22(26)30/h3-10,14H,11-13H2,1-2H3,(H,23,30)(H,24,25,28). The molecule has 8 nitrogen and oxygen atoms in total. The van der Waals surface area contributed by atoms with Crippen molar-refractivity contribution in [2.75, 3.05) is 18.0 Å². The van der Waals surface area contributed by atoms with Crippen LogP contribution in [0, 0.1) is 0 Å². The molecule has 8 heteroatoms. The van der Waals surface area contributed by atoms with Gasteiger partial charge in [-0.05, 0) is 50.2 Å². The lowest BCUT2D eigenvalue weighted by Crippen LogP contribution is -2.37. The van der Waals surface area contributed by atoms with E-state index in [9.17, 15) is 14.4 Å². The Kier molecular flexibility index (Phi) is 5.22. The van der Waals surface area contributed by atoms with Crippen molar-refractivity contribution in [3.8, 4) is 0 Å². The number of anilines is 1. The van der Waals surface area contributed by atoms with Crippen molar-refractivity contribution in [2.45, 2.75) is 26.4 Å². The third-order valence-corrected chi connectivity index (χ3v) is 5.15. The van der Waals surface area contributed by atoms with E-state index < -0.39 is 0 Å². The second-order valence-electron chi connectivity index (χ2n) is 7.49. The lowest BCUT2D eigenvalue weighted by molar-refractivity contribution is 0.0685. The van der Waals surface area contributed by atoms with Gasteiger partial charge >= 0.3 is 6.03 Å². The largest absolute Gasteiger partial charge is 0.336 e. The van der Waals surface area contributed by atoms with Crippen molar-refractivity contribution < 1.29 is 9.59 Å². The van der Waals surface area contributed by atoms with E-state index in [0.29, 0.717) is 35.4 Å². The van der Waals surface area contributed by atoms with Crippen molar-refractivity contribution in [3.05, 3.63) is 70.3 Å². The molecule has 3 aromatic rings. The van der Waals surface area contributed by atoms with Gasteiger partial charge in [0.2, 0.25) is 0 Å². The first-order valence-electron chi connectivity index (χ1n) is 9.88. The third-order valence-electron chi connectivity index (χ3n) is 5.15. The molecule has 2 N–H and O–H groups in total. The molecule has 3 amide bonds. The number of aromatic amines is 1. The Bertz CT molecular complexity index is 1150. The molecule has 0 spiro atoms. The molecule has 0 bridgehead atoms. The molecular weight excluding hydrogens is 382 g/mol. The van der Waals surface area contributed by atoms with Crippen molar-refractivity contribution in [1.29, 1.82) is 0 Å². The molecule has 0 saturated carbocycles. The monoisotopic (exact) mass is 405 g/mol. The SMILES string of the molecule is CC(C)N(Cc1nc2ccccc2c(=O)[nH]1)C(=O)c1ccc(N2CCNC2=O)cc1. The molecule has 1 saturated heterocycles. The van der Waals surface area contributed by atoms with Gasteiger partial charge in [0.05, 0.1) is 17.4 Å². The molecule has 154 valence electrons. The predicted molar refractivity (Wildman–Crippen MR) is 115 cm³/mol. The minimum atomic E-state index is -0.222. The first-order valence-corrected chi connectivity index (χ1v) is 9.88. The van der Waals surface area contributed by atoms with Crippen LogP contribution in [0.2, 0.25) is 0 Å². The molecule has 2 aromatic carbocycles. The highest BCUT2D eigenvalue weighted by Crippen LogP contribution is 2.19. The highest BCUT2D eigenvalue weighted by Gasteiger charge is 2.23. The number of amides is 3. The van der Waals surface area contributed by atoms with Crippen LogP contribution in [-0.2, 0) is 6.54 Å². The average Bonchev–Trinajstić information content (AvgIpc) is 3.17. The van der Waals surface area contributed by atoms with Crippen molar-refractivity contribution in [3.63, 3.8) is 0 Å². The quantitative estimate of drug-likeness (QED) is 0.681. The van der Waals surface area contributed by atoms with E-state index in [4.69, 9.17) is 0 Å². The van der Waals surface area contributed by atoms with Crippen LogP contribution in [0.4, 0.5) is 10.5 Å². The topological polar surface area (TPSA) is 98.4 Å². The van der Waals surface area contributed by atoms with Gasteiger partial charge < -0.3 is 15.2 Å². The van der Waals surface area contributed by atoms with E-state index in [1.807, 2.05) is 19.9 Å². The number of hydrogen-bond donors (Lipinski definition) is 2. The summed E-state index contributed by atoms with van der Waals surface area (Å²) >= 11 is 0. The molecule has 0 atom stereocenters. The first-order chi connectivity index (χ1) is 14.4. The van der Waals surface area contributed by atoms with E-state index in [-0.39, 0.29) is 30.1 Å². The van der Waals surface area contributed by atoms with Gasteiger partial charge in [-0.15, -0.1) is 0 Å². The summed E-state index contributed by atoms with van der Waals surface area (Å²) in [7, 11) is 0. The molecule has 1 aliphatic rings. The highest BCUT2D eigenvalue weighted by molar-refractivity contribution is 5.97. The van der Waals surface area contributed by atoms with Crippen LogP contribution >= 0.6 is 0 Å². The number of urea groups is 1. The molecule has 4 rings (SSSR count). The number of aromatic nitrogens is 2. The van der Waals surface area contributed by atoms with Crippen molar-refractivity contribution >= 4 is 28.5 Å². The number of carbonyl (C=O) groups excluding carboxylic acids is 2. The Morgan fingerprint density at radius 2 is 1.87 bits per heavy atom. The Hall–Kier alpha value is -3.68. The molecule has 1 aliphatic heterocycles. The molecule has 1 aromatic heterocycles. The van der Waals surface area contributed by atoms with E-state index in [2.05, 4.69) is 15.3 Å². The number of carbonyl (C=O) groups is 2. The summed E-state index contributed by atoms with van der Waals surface area (Å²) in [6.07, 6.45) is 0. The van der Waals surface area contributed by atoms with Gasteiger partial charge in [0.1, 0.15) is 5.82 Å². The van der Waals surface area contributed by atoms with Crippen LogP contribution in [0.5, 0.6) is 0 Å². The molecule has 0 radical (unpaired) electrons. The van der Waals surface area contributed by atoms with Gasteiger partial charge in [0.25, 0.3) is 11.5 Å². The maximum atomic E-state index is 13.1. The van der Waals surface area contributed by atoms with Crippen molar-refractivity contribution in [1.82, 2.24) is 20.2 Å². The number of benzene rings is 2. The summed E-state index contributed by atoms with van der Waals surface area (Å²) in [6, 6.07) is 13.9. The second-order valence-corrected chi connectivity index (χ2v) is 7.49. The summed E-state index contributed by atoms with van der Waals surface area (Å²) in [5.41, 5.74) is 1.63. The number of fused-ring (bicyclic) bond motifs is 1. The minimum absolute atomic E-state index is 0.0988. The summed E-state index contributed by atoms with van der Waals surface area (Å²) in [5, 5.41) is 3.28. The number of para-hydroxylation sites is 1. The number of nitrogens with zero attached hydrogens (tertiary/aromatic N) is 3.